The molecule has 3 aliphatic heterocycles. The summed E-state index contributed by atoms with van der Waals surface area (Å²) in [6.45, 7) is 10.5. The number of rotatable bonds is 9. The maximum Gasteiger partial charge on any atom is 0.247 e. The normalized spacial score (nSPS) is 27.0. The molecule has 4 atom stereocenters. The number of nitrogens with one attached hydrogen (secondary N) is 1. The van der Waals surface area contributed by atoms with E-state index in [1.165, 1.54) is 19.3 Å². The van der Waals surface area contributed by atoms with Crippen molar-refractivity contribution < 1.29 is 19.1 Å². The molecule has 2 aliphatic carbocycles. The molecule has 1 spiro atoms. The van der Waals surface area contributed by atoms with Gasteiger partial charge >= 0.3 is 0 Å². The van der Waals surface area contributed by atoms with Gasteiger partial charge in [-0.1, -0.05) is 33.1 Å². The number of aromatic nitrogens is 2. The average Bonchev–Trinajstić information content (AvgIpc) is 3.38. The Morgan fingerprint density at radius 1 is 1.00 bits per heavy atom. The fourth-order valence-corrected chi connectivity index (χ4v) is 9.15. The van der Waals surface area contributed by atoms with Crippen LogP contribution < -0.4 is 10.2 Å². The van der Waals surface area contributed by atoms with Crippen LogP contribution in [0.3, 0.4) is 0 Å². The number of ether oxygens (including phenoxy) is 1. The number of carbonyl (C=O) groups excluding carboxylic acids is 3. The number of likely N-dealkylation sites (tertiary alicyclic amines) is 2. The quantitative estimate of drug-likeness (QED) is 0.426. The fraction of sp³-hybridized carbons (Fsp3) is 0.743. The Bertz CT molecular complexity index is 1440. The van der Waals surface area contributed by atoms with E-state index in [2.05, 4.69) is 29.0 Å². The molecule has 2 aromatic heterocycles. The number of thiazole rings is 1. The van der Waals surface area contributed by atoms with Gasteiger partial charge in [-0.05, 0) is 62.8 Å². The summed E-state index contributed by atoms with van der Waals surface area (Å²) in [7, 11) is 0. The van der Waals surface area contributed by atoms with Gasteiger partial charge in [-0.3, -0.25) is 14.4 Å². The minimum Gasteiger partial charge on any atom is -0.376 e. The van der Waals surface area contributed by atoms with Crippen molar-refractivity contribution in [2.45, 2.75) is 90.7 Å². The molecule has 10 nitrogen and oxygen atoms in total. The van der Waals surface area contributed by atoms with E-state index in [-0.39, 0.29) is 29.1 Å². The lowest BCUT2D eigenvalue weighted by Crippen LogP contribution is -2.65. The number of carbonyl (C=O) groups is 3. The molecule has 2 aromatic rings. The van der Waals surface area contributed by atoms with E-state index in [4.69, 9.17) is 9.72 Å². The molecule has 5 heterocycles. The van der Waals surface area contributed by atoms with Gasteiger partial charge in [0, 0.05) is 63.4 Å². The number of pyridine rings is 1. The highest BCUT2D eigenvalue weighted by Gasteiger charge is 2.61. The molecule has 1 N–H and O–H groups in total. The minimum atomic E-state index is -0.745. The van der Waals surface area contributed by atoms with Crippen LogP contribution in [0, 0.1) is 28.6 Å². The monoisotopic (exact) mass is 650 g/mol. The minimum absolute atomic E-state index is 0.0385. The summed E-state index contributed by atoms with van der Waals surface area (Å²) in [5.41, 5.74) is 2.32. The van der Waals surface area contributed by atoms with E-state index < -0.39 is 23.5 Å². The smallest absolute Gasteiger partial charge is 0.247 e. The van der Waals surface area contributed by atoms with Gasteiger partial charge in [0.2, 0.25) is 17.7 Å². The largest absolute Gasteiger partial charge is 0.376 e. The molecule has 0 aromatic carbocycles. The van der Waals surface area contributed by atoms with Crippen LogP contribution >= 0.6 is 11.3 Å². The lowest BCUT2D eigenvalue weighted by Gasteiger charge is -2.50. The summed E-state index contributed by atoms with van der Waals surface area (Å²) in [4.78, 5) is 57.2. The molecule has 46 heavy (non-hydrogen) atoms. The average molecular weight is 651 g/mol. The van der Waals surface area contributed by atoms with E-state index in [9.17, 15) is 14.4 Å². The van der Waals surface area contributed by atoms with Gasteiger partial charge < -0.3 is 24.8 Å². The molecule has 2 saturated carbocycles. The predicted octanol–water partition coefficient (Wildman–Crippen LogP) is 4.48. The second-order valence-electron chi connectivity index (χ2n) is 15.5. The topological polar surface area (TPSA) is 108 Å². The van der Waals surface area contributed by atoms with Gasteiger partial charge in [-0.25, -0.2) is 9.97 Å². The van der Waals surface area contributed by atoms with E-state index in [0.29, 0.717) is 38.7 Å². The Kier molecular flexibility index (Phi) is 8.76. The first-order chi connectivity index (χ1) is 22.1. The van der Waals surface area contributed by atoms with Crippen molar-refractivity contribution >= 4 is 45.1 Å². The highest BCUT2D eigenvalue weighted by atomic mass is 32.1. The summed E-state index contributed by atoms with van der Waals surface area (Å²) >= 11 is 1.58. The van der Waals surface area contributed by atoms with Gasteiger partial charge in [-0.15, -0.1) is 11.3 Å². The van der Waals surface area contributed by atoms with E-state index in [1.54, 1.807) is 17.5 Å². The van der Waals surface area contributed by atoms with Crippen molar-refractivity contribution in [1.82, 2.24) is 25.1 Å². The lowest BCUT2D eigenvalue weighted by molar-refractivity contribution is -0.153. The first-order valence-electron chi connectivity index (χ1n) is 17.6. The zero-order valence-electron chi connectivity index (χ0n) is 27.7. The first-order valence-corrected chi connectivity index (χ1v) is 18.5. The molecule has 3 amide bonds. The number of piperidine rings is 1. The van der Waals surface area contributed by atoms with Crippen molar-refractivity contribution in [3.05, 3.63) is 17.8 Å². The Morgan fingerprint density at radius 3 is 2.43 bits per heavy atom. The summed E-state index contributed by atoms with van der Waals surface area (Å²) in [6, 6.07) is 1.23. The Morgan fingerprint density at radius 2 is 1.72 bits per heavy atom. The lowest BCUT2D eigenvalue weighted by atomic mass is 9.70. The molecule has 5 fully saturated rings. The summed E-state index contributed by atoms with van der Waals surface area (Å²) in [5, 5.41) is 3.24. The maximum absolute atomic E-state index is 14.5. The van der Waals surface area contributed by atoms with Crippen LogP contribution in [-0.2, 0) is 19.1 Å². The number of nitrogens with zero attached hydrogens (tertiary/aromatic N) is 5. The molecule has 7 rings (SSSR count). The number of hydrogen-bond donors (Lipinski definition) is 1. The zero-order valence-corrected chi connectivity index (χ0v) is 28.5. The Hall–Kier alpha value is -2.79. The molecule has 11 heteroatoms. The SMILES string of the molecule is C[C@@H](OCC1CCCCC1)[C@H](NC(=O)[C@@H]1CN(c2nccc3scnc23)CC12CN(C(=O)[C@H]1CC1(C)C)C2)C(=O)N1CCCCC1. The van der Waals surface area contributed by atoms with Gasteiger partial charge in [0.25, 0.3) is 0 Å². The fourth-order valence-electron chi connectivity index (χ4n) is 8.48. The van der Waals surface area contributed by atoms with Crippen LogP contribution in [0.2, 0.25) is 0 Å². The Balaban J connectivity index is 1.12. The van der Waals surface area contributed by atoms with Crippen molar-refractivity contribution in [2.24, 2.45) is 28.6 Å². The van der Waals surface area contributed by atoms with E-state index in [0.717, 1.165) is 67.6 Å². The van der Waals surface area contributed by atoms with Crippen molar-refractivity contribution in [3.8, 4) is 0 Å². The molecule has 0 unspecified atom stereocenters. The number of hydrogen-bond acceptors (Lipinski definition) is 8. The second kappa shape index (κ2) is 12.7. The van der Waals surface area contributed by atoms with Gasteiger partial charge in [0.15, 0.2) is 5.82 Å². The molecular formula is C35H50N6O4S. The molecule has 250 valence electrons. The maximum atomic E-state index is 14.5. The van der Waals surface area contributed by atoms with Gasteiger partial charge in [-0.2, -0.15) is 0 Å². The van der Waals surface area contributed by atoms with Crippen LogP contribution in [0.25, 0.3) is 10.2 Å². The van der Waals surface area contributed by atoms with Crippen LogP contribution in [0.1, 0.15) is 78.6 Å². The zero-order chi connectivity index (χ0) is 32.1. The molecular weight excluding hydrogens is 600 g/mol. The molecule has 3 saturated heterocycles. The summed E-state index contributed by atoms with van der Waals surface area (Å²) in [6.07, 6.45) is 11.5. The highest BCUT2D eigenvalue weighted by molar-refractivity contribution is 7.16. The highest BCUT2D eigenvalue weighted by Crippen LogP contribution is 2.55. The van der Waals surface area contributed by atoms with E-state index in [1.807, 2.05) is 28.3 Å². The first kappa shape index (κ1) is 31.8. The van der Waals surface area contributed by atoms with Crippen LogP contribution in [-0.4, -0.2) is 95.5 Å². The van der Waals surface area contributed by atoms with Crippen LogP contribution in [0.15, 0.2) is 17.8 Å². The van der Waals surface area contributed by atoms with Crippen LogP contribution in [0.5, 0.6) is 0 Å². The molecule has 0 bridgehead atoms. The molecule has 5 aliphatic rings. The third-order valence-electron chi connectivity index (χ3n) is 11.6. The van der Waals surface area contributed by atoms with Crippen molar-refractivity contribution in [3.63, 3.8) is 0 Å². The summed E-state index contributed by atoms with van der Waals surface area (Å²) < 4.78 is 7.46. The third kappa shape index (κ3) is 6.14. The summed E-state index contributed by atoms with van der Waals surface area (Å²) in [5.74, 6) is 0.997. The van der Waals surface area contributed by atoms with Crippen LogP contribution in [0.4, 0.5) is 5.82 Å². The standard InChI is InChI=1S/C35H50N6O4S/c1-23(45-18-24-10-6-4-7-11-24)28(33(44)39-14-8-5-9-15-39)38-31(42)26-17-40(30-29-27(12-13-36-30)46-22-37-29)19-35(26)20-41(21-35)32(43)25-16-34(25,2)3/h12-13,22-26,28H,4-11,14-21H2,1-3H3,(H,38,42)/t23-,25-,26+,28+/m1/s1. The van der Waals surface area contributed by atoms with Crippen molar-refractivity contribution in [1.29, 1.82) is 0 Å². The second-order valence-corrected chi connectivity index (χ2v) is 16.4. The number of anilines is 1. The number of fused-ring (bicyclic) bond motifs is 1. The molecule has 0 radical (unpaired) electrons. The van der Waals surface area contributed by atoms with Gasteiger partial charge in [0.1, 0.15) is 11.6 Å². The number of amides is 3. The third-order valence-corrected chi connectivity index (χ3v) is 12.4. The van der Waals surface area contributed by atoms with Gasteiger partial charge in [0.05, 0.1) is 22.2 Å². The Labute approximate surface area is 276 Å². The predicted molar refractivity (Wildman–Crippen MR) is 178 cm³/mol. The van der Waals surface area contributed by atoms with Crippen molar-refractivity contribution in [2.75, 3.05) is 50.8 Å². The van der Waals surface area contributed by atoms with E-state index >= 15 is 0 Å².